The van der Waals surface area contributed by atoms with Gasteiger partial charge in [-0.1, -0.05) is 57.2 Å². The molecule has 322 valence electrons. The van der Waals surface area contributed by atoms with E-state index in [2.05, 4.69) is 20.9 Å². The number of nitrogens with zero attached hydrogens (tertiary/aromatic N) is 3. The maximum absolute atomic E-state index is 13.9. The quantitative estimate of drug-likeness (QED) is 0.119. The van der Waals surface area contributed by atoms with Crippen LogP contribution in [0.25, 0.3) is 10.4 Å². The summed E-state index contributed by atoms with van der Waals surface area (Å²) in [5, 5.41) is 8.19. The van der Waals surface area contributed by atoms with Crippen molar-refractivity contribution in [2.24, 2.45) is 5.41 Å². The van der Waals surface area contributed by atoms with E-state index in [1.54, 1.807) is 27.2 Å². The molecule has 1 aromatic heterocycles. The number of thiazole rings is 1. The molecule has 60 heavy (non-hydrogen) atoms. The third-order valence-electron chi connectivity index (χ3n) is 11.1. The van der Waals surface area contributed by atoms with Crippen molar-refractivity contribution < 1.29 is 43.0 Å². The number of ether oxygens (including phenoxy) is 3. The summed E-state index contributed by atoms with van der Waals surface area (Å²) in [7, 11) is 0. The van der Waals surface area contributed by atoms with Crippen molar-refractivity contribution in [3.05, 3.63) is 75.9 Å². The molecule has 4 heterocycles. The number of rotatable bonds is 19. The molecule has 3 aliphatic heterocycles. The van der Waals surface area contributed by atoms with Crippen LogP contribution in [0.15, 0.2) is 48.0 Å². The van der Waals surface area contributed by atoms with Gasteiger partial charge < -0.3 is 34.6 Å². The Labute approximate surface area is 354 Å². The molecule has 3 aliphatic rings. The minimum atomic E-state index is -0.851. The van der Waals surface area contributed by atoms with E-state index in [1.807, 2.05) is 69.6 Å². The van der Waals surface area contributed by atoms with Crippen LogP contribution in [0.3, 0.4) is 0 Å². The molecule has 0 bridgehead atoms. The van der Waals surface area contributed by atoms with E-state index < -0.39 is 35.4 Å². The van der Waals surface area contributed by atoms with Crippen LogP contribution in [0, 0.1) is 12.3 Å². The summed E-state index contributed by atoms with van der Waals surface area (Å²) in [5.74, 6) is -1.86. The summed E-state index contributed by atoms with van der Waals surface area (Å²) in [5.41, 5.74) is 6.78. The van der Waals surface area contributed by atoms with Gasteiger partial charge in [0.25, 0.3) is 5.91 Å². The fourth-order valence-electron chi connectivity index (χ4n) is 7.83. The van der Waals surface area contributed by atoms with Crippen molar-refractivity contribution in [3.63, 3.8) is 0 Å². The zero-order valence-corrected chi connectivity index (χ0v) is 35.7. The van der Waals surface area contributed by atoms with Crippen LogP contribution in [0.4, 0.5) is 0 Å². The SMILES string of the molecule is Cc1ncsc1-c1ccc(CNC(=O)[C@@H]2CCCN2C(=O)[C@@H](NC(=O)COCCOCCOCCCc2cccc3c2CN(C2CCC(=O)NC2=O)C3=O)C(C)(C)C)cc1. The van der Waals surface area contributed by atoms with Crippen molar-refractivity contribution in [1.82, 2.24) is 30.7 Å². The zero-order chi connectivity index (χ0) is 42.8. The van der Waals surface area contributed by atoms with Crippen molar-refractivity contribution in [3.8, 4) is 10.4 Å². The largest absolute Gasteiger partial charge is 0.379 e. The van der Waals surface area contributed by atoms with Crippen molar-refractivity contribution >= 4 is 46.8 Å². The van der Waals surface area contributed by atoms with Gasteiger partial charge >= 0.3 is 0 Å². The normalized spacial score (nSPS) is 18.4. The number of hydrogen-bond donors (Lipinski definition) is 3. The van der Waals surface area contributed by atoms with Gasteiger partial charge in [0.05, 0.1) is 42.5 Å². The molecule has 2 fully saturated rings. The predicted octanol–water partition coefficient (Wildman–Crippen LogP) is 3.70. The molecule has 1 unspecified atom stereocenters. The fraction of sp³-hybridized carbons (Fsp3) is 0.523. The van der Waals surface area contributed by atoms with Crippen molar-refractivity contribution in [1.29, 1.82) is 0 Å². The maximum atomic E-state index is 13.9. The van der Waals surface area contributed by atoms with Crippen LogP contribution in [0.2, 0.25) is 0 Å². The monoisotopic (exact) mass is 844 g/mol. The summed E-state index contributed by atoms with van der Waals surface area (Å²) >= 11 is 1.59. The van der Waals surface area contributed by atoms with Gasteiger partial charge in [-0.05, 0) is 72.8 Å². The molecule has 15 nitrogen and oxygen atoms in total. The Bertz CT molecular complexity index is 2030. The number of benzene rings is 2. The number of likely N-dealkylation sites (tertiary alicyclic amines) is 1. The van der Waals surface area contributed by atoms with Crippen LogP contribution >= 0.6 is 11.3 Å². The van der Waals surface area contributed by atoms with E-state index in [4.69, 9.17) is 14.2 Å². The fourth-order valence-corrected chi connectivity index (χ4v) is 8.65. The molecule has 3 aromatic rings. The first-order valence-electron chi connectivity index (χ1n) is 20.7. The molecule has 0 saturated carbocycles. The molecule has 0 radical (unpaired) electrons. The molecule has 2 aromatic carbocycles. The number of fused-ring (bicyclic) bond motifs is 1. The number of carbonyl (C=O) groups excluding carboxylic acids is 6. The second kappa shape index (κ2) is 20.5. The maximum Gasteiger partial charge on any atom is 0.255 e. The number of piperidine rings is 1. The van der Waals surface area contributed by atoms with E-state index in [1.165, 1.54) is 0 Å². The smallest absolute Gasteiger partial charge is 0.255 e. The Kier molecular flexibility index (Phi) is 15.2. The standard InChI is InChI=1S/C44H56N6O9S/c1-28-38(60-27-46-28)31-14-12-29(13-15-31)24-45-40(53)34-11-6-18-49(34)43(56)39(44(2,3)4)47-37(52)26-59-23-22-58-21-20-57-19-7-9-30-8-5-10-32-33(30)25-50(42(32)55)35-16-17-36(51)48-41(35)54/h5,8,10,12-15,27,34-35,39H,6-7,9,11,16-26H2,1-4H3,(H,45,53)(H,47,52)(H,48,51,54)/t34-,35?,39+/m0/s1. The van der Waals surface area contributed by atoms with E-state index in [9.17, 15) is 28.8 Å². The molecular weight excluding hydrogens is 789 g/mol. The van der Waals surface area contributed by atoms with E-state index in [0.717, 1.165) is 39.2 Å². The first-order chi connectivity index (χ1) is 28.8. The van der Waals surface area contributed by atoms with Crippen LogP contribution in [-0.2, 0) is 57.7 Å². The van der Waals surface area contributed by atoms with Crippen LogP contribution < -0.4 is 16.0 Å². The van der Waals surface area contributed by atoms with Crippen LogP contribution in [0.5, 0.6) is 0 Å². The minimum absolute atomic E-state index is 0.178. The molecule has 6 rings (SSSR count). The Morgan fingerprint density at radius 1 is 0.967 bits per heavy atom. The first kappa shape index (κ1) is 44.5. The molecule has 3 N–H and O–H groups in total. The van der Waals surface area contributed by atoms with Gasteiger partial charge in [-0.2, -0.15) is 0 Å². The van der Waals surface area contributed by atoms with E-state index in [0.29, 0.717) is 70.7 Å². The van der Waals surface area contributed by atoms with Crippen LogP contribution in [0.1, 0.15) is 85.6 Å². The second-order valence-corrected chi connectivity index (χ2v) is 17.3. The second-order valence-electron chi connectivity index (χ2n) is 16.5. The topological polar surface area (TPSA) is 186 Å². The lowest BCUT2D eigenvalue weighted by molar-refractivity contribution is -0.144. The summed E-state index contributed by atoms with van der Waals surface area (Å²) < 4.78 is 16.9. The third-order valence-corrected chi connectivity index (χ3v) is 12.1. The average molecular weight is 845 g/mol. The summed E-state index contributed by atoms with van der Waals surface area (Å²) in [6, 6.07) is 11.5. The molecule has 0 aliphatic carbocycles. The number of amides is 6. The summed E-state index contributed by atoms with van der Waals surface area (Å²) in [6.45, 7) is 10.1. The number of hydrogen-bond acceptors (Lipinski definition) is 11. The predicted molar refractivity (Wildman–Crippen MR) is 224 cm³/mol. The Morgan fingerprint density at radius 3 is 2.40 bits per heavy atom. The van der Waals surface area contributed by atoms with Crippen molar-refractivity contribution in [2.45, 2.75) is 97.4 Å². The number of carbonyl (C=O) groups is 6. The van der Waals surface area contributed by atoms with Gasteiger partial charge in [-0.25, -0.2) is 4.98 Å². The number of imide groups is 1. The summed E-state index contributed by atoms with van der Waals surface area (Å²) in [6.07, 6.45) is 3.22. The third kappa shape index (κ3) is 11.2. The van der Waals surface area contributed by atoms with E-state index in [-0.39, 0.29) is 49.9 Å². The Morgan fingerprint density at radius 2 is 1.70 bits per heavy atom. The van der Waals surface area contributed by atoms with Gasteiger partial charge in [0.1, 0.15) is 24.7 Å². The van der Waals surface area contributed by atoms with Gasteiger partial charge in [-0.3, -0.25) is 34.1 Å². The lowest BCUT2D eigenvalue weighted by Gasteiger charge is -2.35. The van der Waals surface area contributed by atoms with Crippen LogP contribution in [-0.4, -0.2) is 115 Å². The highest BCUT2D eigenvalue weighted by molar-refractivity contribution is 7.13. The van der Waals surface area contributed by atoms with Crippen molar-refractivity contribution in [2.75, 3.05) is 46.2 Å². The molecule has 2 saturated heterocycles. The van der Waals surface area contributed by atoms with Gasteiger partial charge in [0.15, 0.2) is 0 Å². The van der Waals surface area contributed by atoms with Gasteiger partial charge in [0.2, 0.25) is 29.5 Å². The Hall–Kier alpha value is -5.03. The molecule has 3 atom stereocenters. The van der Waals surface area contributed by atoms with Gasteiger partial charge in [0, 0.05) is 38.2 Å². The highest BCUT2D eigenvalue weighted by atomic mass is 32.1. The minimum Gasteiger partial charge on any atom is -0.379 e. The highest BCUT2D eigenvalue weighted by Gasteiger charge is 2.42. The highest BCUT2D eigenvalue weighted by Crippen LogP contribution is 2.31. The number of aryl methyl sites for hydroxylation is 2. The number of aromatic nitrogens is 1. The van der Waals surface area contributed by atoms with Gasteiger partial charge in [-0.15, -0.1) is 11.3 Å². The molecular formula is C44H56N6O9S. The lowest BCUT2D eigenvalue weighted by Crippen LogP contribution is -2.58. The molecule has 0 spiro atoms. The average Bonchev–Trinajstić information content (AvgIpc) is 3.97. The zero-order valence-electron chi connectivity index (χ0n) is 34.9. The number of nitrogens with one attached hydrogen (secondary N) is 3. The summed E-state index contributed by atoms with van der Waals surface area (Å²) in [4.78, 5) is 85.8. The van der Waals surface area contributed by atoms with E-state index >= 15 is 0 Å². The molecule has 16 heteroatoms. The lowest BCUT2D eigenvalue weighted by atomic mass is 9.85. The first-order valence-corrected chi connectivity index (χ1v) is 21.6. The molecule has 6 amide bonds. The Balaban J connectivity index is 0.846.